The maximum Gasteiger partial charge on any atom is 0.266 e. The number of para-hydroxylation sites is 2. The second kappa shape index (κ2) is 7.23. The van der Waals surface area contributed by atoms with E-state index in [1.54, 1.807) is 41.5 Å². The first-order valence-corrected chi connectivity index (χ1v) is 9.83. The molecule has 3 aromatic carbocycles. The number of anilines is 2. The summed E-state index contributed by atoms with van der Waals surface area (Å²) in [5.41, 5.74) is 1.71. The molecule has 2 heterocycles. The Morgan fingerprint density at radius 2 is 1.50 bits per heavy atom. The third-order valence-corrected chi connectivity index (χ3v) is 5.75. The van der Waals surface area contributed by atoms with Gasteiger partial charge < -0.3 is 0 Å². The number of benzene rings is 3. The molecule has 0 saturated carbocycles. The van der Waals surface area contributed by atoms with E-state index in [2.05, 4.69) is 0 Å². The molecule has 3 atom stereocenters. The predicted octanol–water partition coefficient (Wildman–Crippen LogP) is 4.53. The van der Waals surface area contributed by atoms with Crippen molar-refractivity contribution < 1.29 is 18.8 Å². The first-order chi connectivity index (χ1) is 14.6. The molecule has 5 rings (SSSR count). The Kier molecular flexibility index (Phi) is 4.53. The second-order valence-electron chi connectivity index (χ2n) is 7.17. The average Bonchev–Trinajstić information content (AvgIpc) is 3.26. The van der Waals surface area contributed by atoms with Gasteiger partial charge in [-0.25, -0.2) is 14.4 Å². The lowest BCUT2D eigenvalue weighted by molar-refractivity contribution is -0.126. The normalized spacial score (nSPS) is 23.2. The van der Waals surface area contributed by atoms with Crippen LogP contribution in [-0.4, -0.2) is 17.9 Å². The van der Waals surface area contributed by atoms with Crippen LogP contribution in [0.1, 0.15) is 11.6 Å². The molecular weight excluding hydrogens is 407 g/mol. The van der Waals surface area contributed by atoms with E-state index in [0.29, 0.717) is 22.0 Å². The van der Waals surface area contributed by atoms with Crippen molar-refractivity contribution >= 4 is 34.8 Å². The number of nitrogens with zero attached hydrogens (tertiary/aromatic N) is 2. The summed E-state index contributed by atoms with van der Waals surface area (Å²) in [5, 5.41) is 1.87. The molecule has 150 valence electrons. The summed E-state index contributed by atoms with van der Waals surface area (Å²) < 4.78 is 13.5. The van der Waals surface area contributed by atoms with Gasteiger partial charge in [0.1, 0.15) is 11.7 Å². The molecule has 2 saturated heterocycles. The van der Waals surface area contributed by atoms with Crippen LogP contribution in [0.3, 0.4) is 0 Å². The number of carbonyl (C=O) groups is 2. The third-order valence-electron chi connectivity index (χ3n) is 5.43. The fourth-order valence-electron chi connectivity index (χ4n) is 4.08. The molecule has 0 aliphatic carbocycles. The molecule has 0 spiro atoms. The maximum atomic E-state index is 13.5. The van der Waals surface area contributed by atoms with Crippen molar-refractivity contribution in [2.24, 2.45) is 5.92 Å². The number of hydrogen-bond acceptors (Lipinski definition) is 4. The zero-order valence-corrected chi connectivity index (χ0v) is 16.4. The molecule has 5 nitrogen and oxygen atoms in total. The van der Waals surface area contributed by atoms with Gasteiger partial charge in [0.15, 0.2) is 6.10 Å². The van der Waals surface area contributed by atoms with E-state index in [0.717, 1.165) is 4.90 Å². The van der Waals surface area contributed by atoms with Crippen LogP contribution in [-0.2, 0) is 14.4 Å². The van der Waals surface area contributed by atoms with Crippen LogP contribution >= 0.6 is 11.6 Å². The zero-order chi connectivity index (χ0) is 20.8. The summed E-state index contributed by atoms with van der Waals surface area (Å²) in [7, 11) is 0. The number of halogens is 2. The zero-order valence-electron chi connectivity index (χ0n) is 15.6. The smallest absolute Gasteiger partial charge is 0.266 e. The quantitative estimate of drug-likeness (QED) is 0.582. The second-order valence-corrected chi connectivity index (χ2v) is 7.58. The van der Waals surface area contributed by atoms with Crippen molar-refractivity contribution in [2.75, 3.05) is 9.96 Å². The lowest BCUT2D eigenvalue weighted by Gasteiger charge is -2.28. The summed E-state index contributed by atoms with van der Waals surface area (Å²) in [6.07, 6.45) is -0.996. The molecular formula is C23H16ClFN2O3. The molecule has 2 amide bonds. The number of hydroxylamine groups is 1. The van der Waals surface area contributed by atoms with Gasteiger partial charge in [-0.3, -0.25) is 14.4 Å². The summed E-state index contributed by atoms with van der Waals surface area (Å²) in [4.78, 5) is 33.8. The van der Waals surface area contributed by atoms with Crippen LogP contribution in [0.5, 0.6) is 0 Å². The molecule has 0 bridgehead atoms. The van der Waals surface area contributed by atoms with E-state index in [1.165, 1.54) is 12.1 Å². The molecule has 3 aromatic rings. The van der Waals surface area contributed by atoms with Gasteiger partial charge >= 0.3 is 0 Å². The number of rotatable bonds is 3. The van der Waals surface area contributed by atoms with E-state index in [1.807, 2.05) is 30.3 Å². The minimum Gasteiger partial charge on any atom is -0.273 e. The minimum absolute atomic E-state index is 0.303. The number of fused-ring (bicyclic) bond motifs is 1. The Hall–Kier alpha value is -3.22. The van der Waals surface area contributed by atoms with Crippen molar-refractivity contribution in [1.29, 1.82) is 0 Å². The van der Waals surface area contributed by atoms with Crippen molar-refractivity contribution in [1.82, 2.24) is 0 Å². The molecule has 2 fully saturated rings. The molecule has 0 N–H and O–H groups in total. The molecule has 2 aliphatic heterocycles. The third kappa shape index (κ3) is 2.88. The van der Waals surface area contributed by atoms with Gasteiger partial charge in [0.2, 0.25) is 5.91 Å². The Morgan fingerprint density at radius 1 is 0.833 bits per heavy atom. The molecule has 0 unspecified atom stereocenters. The van der Waals surface area contributed by atoms with E-state index in [-0.39, 0.29) is 5.82 Å². The fourth-order valence-corrected chi connectivity index (χ4v) is 4.30. The summed E-state index contributed by atoms with van der Waals surface area (Å²) >= 11 is 6.25. The Morgan fingerprint density at radius 3 is 2.20 bits per heavy atom. The Balaban J connectivity index is 1.60. The van der Waals surface area contributed by atoms with Crippen LogP contribution in [0.2, 0.25) is 5.02 Å². The topological polar surface area (TPSA) is 49.9 Å². The summed E-state index contributed by atoms with van der Waals surface area (Å²) in [6, 6.07) is 21.2. The summed E-state index contributed by atoms with van der Waals surface area (Å²) in [6.45, 7) is 0. The monoisotopic (exact) mass is 422 g/mol. The molecule has 30 heavy (non-hydrogen) atoms. The largest absolute Gasteiger partial charge is 0.273 e. The van der Waals surface area contributed by atoms with Gasteiger partial charge in [0.25, 0.3) is 5.91 Å². The molecule has 7 heteroatoms. The highest BCUT2D eigenvalue weighted by molar-refractivity contribution is 6.36. The standard InChI is InChI=1S/C23H16ClFN2O3/c24-17-8-4-5-9-18(17)26-22(28)19-20(14-10-12-15(25)13-11-14)27(30-21(19)23(26)29)16-6-2-1-3-7-16/h1-13,19-21H/t19-,20+,21+/m0/s1. The van der Waals surface area contributed by atoms with E-state index >= 15 is 0 Å². The summed E-state index contributed by atoms with van der Waals surface area (Å²) in [5.74, 6) is -2.04. The van der Waals surface area contributed by atoms with E-state index in [9.17, 15) is 14.0 Å². The lowest BCUT2D eigenvalue weighted by atomic mass is 9.90. The van der Waals surface area contributed by atoms with Gasteiger partial charge in [-0.05, 0) is 42.0 Å². The van der Waals surface area contributed by atoms with Crippen molar-refractivity contribution in [3.63, 3.8) is 0 Å². The van der Waals surface area contributed by atoms with E-state index in [4.69, 9.17) is 16.4 Å². The number of hydrogen-bond donors (Lipinski definition) is 0. The van der Waals surface area contributed by atoms with Crippen molar-refractivity contribution in [3.05, 3.63) is 95.3 Å². The van der Waals surface area contributed by atoms with Gasteiger partial charge in [0, 0.05) is 0 Å². The minimum atomic E-state index is -0.996. The van der Waals surface area contributed by atoms with Crippen LogP contribution in [0, 0.1) is 11.7 Å². The first-order valence-electron chi connectivity index (χ1n) is 9.45. The maximum absolute atomic E-state index is 13.5. The lowest BCUT2D eigenvalue weighted by Crippen LogP contribution is -2.37. The Bertz CT molecular complexity index is 1120. The van der Waals surface area contributed by atoms with Crippen LogP contribution in [0.4, 0.5) is 15.8 Å². The number of imide groups is 1. The highest BCUT2D eigenvalue weighted by Gasteiger charge is 2.60. The predicted molar refractivity (Wildman–Crippen MR) is 110 cm³/mol. The molecule has 0 aromatic heterocycles. The number of amides is 2. The highest BCUT2D eigenvalue weighted by atomic mass is 35.5. The van der Waals surface area contributed by atoms with Crippen LogP contribution in [0.25, 0.3) is 0 Å². The Labute approximate surface area is 177 Å². The van der Waals surface area contributed by atoms with Crippen LogP contribution in [0.15, 0.2) is 78.9 Å². The van der Waals surface area contributed by atoms with Gasteiger partial charge in [-0.2, -0.15) is 0 Å². The molecule has 2 aliphatic rings. The highest BCUT2D eigenvalue weighted by Crippen LogP contribution is 2.48. The molecule has 0 radical (unpaired) electrons. The fraction of sp³-hybridized carbons (Fsp3) is 0.130. The first kappa shape index (κ1) is 18.8. The van der Waals surface area contributed by atoms with E-state index < -0.39 is 29.9 Å². The van der Waals surface area contributed by atoms with Crippen molar-refractivity contribution in [2.45, 2.75) is 12.1 Å². The number of carbonyl (C=O) groups excluding carboxylic acids is 2. The van der Waals surface area contributed by atoms with Gasteiger partial charge in [0.05, 0.1) is 22.4 Å². The van der Waals surface area contributed by atoms with Gasteiger partial charge in [-0.15, -0.1) is 0 Å². The SMILES string of the molecule is O=C1[C@H]2[C@@H](c3ccc(F)cc3)N(c3ccccc3)O[C@H]2C(=O)N1c1ccccc1Cl. The average molecular weight is 423 g/mol. The van der Waals surface area contributed by atoms with Crippen LogP contribution < -0.4 is 9.96 Å². The van der Waals surface area contributed by atoms with Crippen molar-refractivity contribution in [3.8, 4) is 0 Å². The van der Waals surface area contributed by atoms with Gasteiger partial charge in [-0.1, -0.05) is 54.1 Å².